The lowest BCUT2D eigenvalue weighted by Gasteiger charge is -2.30. The van der Waals surface area contributed by atoms with Crippen LogP contribution in [-0.2, 0) is 33.8 Å². The molecule has 0 aromatic heterocycles. The highest BCUT2D eigenvalue weighted by Gasteiger charge is 2.45. The molecule has 5 rings (SSSR count). The number of halogens is 2. The van der Waals surface area contributed by atoms with Gasteiger partial charge in [-0.3, -0.25) is 9.59 Å². The Balaban J connectivity index is 1.31. The Labute approximate surface area is 251 Å². The fourth-order valence-corrected chi connectivity index (χ4v) is 6.23. The number of ether oxygens (including phenoxy) is 1. The standard InChI is InChI=1S/C34H39F2N3O4/c1-2-39-20-29(28(34(39)42)15-22-9-5-3-6-10-22)33(41)38-31(16-24-13-25(35)17-26(36)14-24)32(40)30-18-27(19-37-30)43-21-23-11-7-4-8-12-23/h3-14,17,27-32,37,40H,2,15-16,18-21H2,1H3,(H,38,41). The fraction of sp³-hybridized carbons (Fsp3) is 0.412. The van der Waals surface area contributed by atoms with Crippen LogP contribution in [0.1, 0.15) is 30.0 Å². The second-order valence-corrected chi connectivity index (χ2v) is 11.5. The van der Waals surface area contributed by atoms with Gasteiger partial charge in [-0.2, -0.15) is 0 Å². The van der Waals surface area contributed by atoms with Gasteiger partial charge in [0, 0.05) is 31.7 Å². The van der Waals surface area contributed by atoms with Crippen molar-refractivity contribution < 1.29 is 28.2 Å². The summed E-state index contributed by atoms with van der Waals surface area (Å²) in [6.45, 7) is 3.59. The molecule has 228 valence electrons. The Bertz CT molecular complexity index is 1360. The minimum absolute atomic E-state index is 0.0107. The number of likely N-dealkylation sites (tertiary alicyclic amines) is 1. The molecule has 6 atom stereocenters. The molecule has 2 saturated heterocycles. The van der Waals surface area contributed by atoms with E-state index in [4.69, 9.17) is 4.74 Å². The van der Waals surface area contributed by atoms with Crippen molar-refractivity contribution in [3.05, 3.63) is 107 Å². The monoisotopic (exact) mass is 591 g/mol. The van der Waals surface area contributed by atoms with E-state index in [1.807, 2.05) is 67.6 Å². The first-order chi connectivity index (χ1) is 20.8. The Morgan fingerprint density at radius 2 is 1.67 bits per heavy atom. The maximum absolute atomic E-state index is 14.1. The highest BCUT2D eigenvalue weighted by Crippen LogP contribution is 2.29. The summed E-state index contributed by atoms with van der Waals surface area (Å²) in [6.07, 6.45) is -0.297. The molecule has 2 fully saturated rings. The first-order valence-electron chi connectivity index (χ1n) is 15.0. The van der Waals surface area contributed by atoms with Gasteiger partial charge in [0.05, 0.1) is 36.7 Å². The molecule has 0 aliphatic carbocycles. The predicted molar refractivity (Wildman–Crippen MR) is 159 cm³/mol. The lowest BCUT2D eigenvalue weighted by Crippen LogP contribution is -2.54. The van der Waals surface area contributed by atoms with Gasteiger partial charge in [0.25, 0.3) is 0 Å². The maximum atomic E-state index is 14.1. The van der Waals surface area contributed by atoms with Crippen LogP contribution in [0.5, 0.6) is 0 Å². The van der Waals surface area contributed by atoms with Gasteiger partial charge >= 0.3 is 0 Å². The number of amides is 2. The topological polar surface area (TPSA) is 90.9 Å². The normalized spacial score (nSPS) is 23.3. The van der Waals surface area contributed by atoms with Crippen molar-refractivity contribution in [3.8, 4) is 0 Å². The van der Waals surface area contributed by atoms with E-state index in [9.17, 15) is 23.5 Å². The largest absolute Gasteiger partial charge is 0.389 e. The number of aliphatic hydroxyl groups excluding tert-OH is 1. The minimum atomic E-state index is -1.08. The third-order valence-electron chi connectivity index (χ3n) is 8.53. The van der Waals surface area contributed by atoms with Crippen molar-refractivity contribution in [2.75, 3.05) is 19.6 Å². The van der Waals surface area contributed by atoms with Crippen LogP contribution < -0.4 is 10.6 Å². The van der Waals surface area contributed by atoms with E-state index in [2.05, 4.69) is 10.6 Å². The van der Waals surface area contributed by atoms with E-state index in [0.717, 1.165) is 17.2 Å². The molecule has 0 radical (unpaired) electrons. The lowest BCUT2D eigenvalue weighted by molar-refractivity contribution is -0.133. The molecule has 0 saturated carbocycles. The van der Waals surface area contributed by atoms with Crippen molar-refractivity contribution in [3.63, 3.8) is 0 Å². The van der Waals surface area contributed by atoms with E-state index in [1.165, 1.54) is 12.1 Å². The molecule has 2 heterocycles. The van der Waals surface area contributed by atoms with Crippen LogP contribution in [0.15, 0.2) is 78.9 Å². The van der Waals surface area contributed by atoms with Gasteiger partial charge in [-0.25, -0.2) is 8.78 Å². The van der Waals surface area contributed by atoms with Crippen molar-refractivity contribution in [2.24, 2.45) is 11.8 Å². The molecular weight excluding hydrogens is 552 g/mol. The van der Waals surface area contributed by atoms with Crippen LogP contribution in [0.25, 0.3) is 0 Å². The van der Waals surface area contributed by atoms with Crippen LogP contribution in [-0.4, -0.2) is 65.7 Å². The average Bonchev–Trinajstić information content (AvgIpc) is 3.60. The highest BCUT2D eigenvalue weighted by molar-refractivity contribution is 5.91. The molecular formula is C34H39F2N3O4. The summed E-state index contributed by atoms with van der Waals surface area (Å²) in [5.41, 5.74) is 2.32. The lowest BCUT2D eigenvalue weighted by atomic mass is 9.87. The van der Waals surface area contributed by atoms with Gasteiger partial charge in [-0.05, 0) is 55.0 Å². The fourth-order valence-electron chi connectivity index (χ4n) is 6.23. The summed E-state index contributed by atoms with van der Waals surface area (Å²) < 4.78 is 34.2. The molecule has 2 amide bonds. The third-order valence-corrected chi connectivity index (χ3v) is 8.53. The van der Waals surface area contributed by atoms with Crippen LogP contribution >= 0.6 is 0 Å². The predicted octanol–water partition coefficient (Wildman–Crippen LogP) is 3.64. The zero-order valence-electron chi connectivity index (χ0n) is 24.3. The molecule has 2 aliphatic rings. The second-order valence-electron chi connectivity index (χ2n) is 11.5. The van der Waals surface area contributed by atoms with Gasteiger partial charge in [0.2, 0.25) is 11.8 Å². The van der Waals surface area contributed by atoms with Crippen molar-refractivity contribution in [2.45, 2.75) is 57.1 Å². The van der Waals surface area contributed by atoms with Gasteiger partial charge in [0.1, 0.15) is 11.6 Å². The average molecular weight is 592 g/mol. The summed E-state index contributed by atoms with van der Waals surface area (Å²) >= 11 is 0. The zero-order valence-corrected chi connectivity index (χ0v) is 24.3. The number of hydrogen-bond donors (Lipinski definition) is 3. The molecule has 6 unspecified atom stereocenters. The molecule has 7 nitrogen and oxygen atoms in total. The Hall–Kier alpha value is -3.66. The summed E-state index contributed by atoms with van der Waals surface area (Å²) in [5, 5.41) is 17.8. The van der Waals surface area contributed by atoms with E-state index in [1.54, 1.807) is 4.90 Å². The maximum Gasteiger partial charge on any atom is 0.226 e. The van der Waals surface area contributed by atoms with Crippen LogP contribution in [0.2, 0.25) is 0 Å². The number of hydrogen-bond acceptors (Lipinski definition) is 5. The van der Waals surface area contributed by atoms with Crippen molar-refractivity contribution in [1.82, 2.24) is 15.5 Å². The molecule has 43 heavy (non-hydrogen) atoms. The molecule has 0 bridgehead atoms. The van der Waals surface area contributed by atoms with Crippen LogP contribution in [0.4, 0.5) is 8.78 Å². The SMILES string of the molecule is CCN1CC(C(=O)NC(Cc2cc(F)cc(F)c2)C(O)C2CC(OCc3ccccc3)CN2)C(Cc2ccccc2)C1=O. The number of carbonyl (C=O) groups excluding carboxylic acids is 2. The van der Waals surface area contributed by atoms with Gasteiger partial charge in [-0.1, -0.05) is 60.7 Å². The third kappa shape index (κ3) is 7.84. The molecule has 3 aromatic rings. The number of aliphatic hydroxyl groups is 1. The molecule has 2 aliphatic heterocycles. The van der Waals surface area contributed by atoms with Crippen LogP contribution in [0, 0.1) is 23.5 Å². The van der Waals surface area contributed by atoms with Crippen molar-refractivity contribution in [1.29, 1.82) is 0 Å². The van der Waals surface area contributed by atoms with E-state index >= 15 is 0 Å². The Kier molecular flexibility index (Phi) is 10.2. The van der Waals surface area contributed by atoms with Crippen molar-refractivity contribution >= 4 is 11.8 Å². The van der Waals surface area contributed by atoms with Crippen LogP contribution in [0.3, 0.4) is 0 Å². The molecule has 3 N–H and O–H groups in total. The molecule has 3 aromatic carbocycles. The summed E-state index contributed by atoms with van der Waals surface area (Å²) in [5.74, 6) is -3.08. The number of nitrogens with zero attached hydrogens (tertiary/aromatic N) is 1. The number of carbonyl (C=O) groups is 2. The quantitative estimate of drug-likeness (QED) is 0.299. The minimum Gasteiger partial charge on any atom is -0.389 e. The van der Waals surface area contributed by atoms with E-state index < -0.39 is 41.7 Å². The zero-order chi connectivity index (χ0) is 30.3. The summed E-state index contributed by atoms with van der Waals surface area (Å²) in [4.78, 5) is 28.8. The van der Waals surface area contributed by atoms with E-state index in [-0.39, 0.29) is 30.9 Å². The summed E-state index contributed by atoms with van der Waals surface area (Å²) in [7, 11) is 0. The molecule has 9 heteroatoms. The highest BCUT2D eigenvalue weighted by atomic mass is 19.1. The number of nitrogens with one attached hydrogen (secondary N) is 2. The van der Waals surface area contributed by atoms with Gasteiger partial charge in [0.15, 0.2) is 0 Å². The van der Waals surface area contributed by atoms with Gasteiger partial charge < -0.3 is 25.4 Å². The Morgan fingerprint density at radius 3 is 2.33 bits per heavy atom. The smallest absolute Gasteiger partial charge is 0.226 e. The Morgan fingerprint density at radius 1 is 1.02 bits per heavy atom. The second kappa shape index (κ2) is 14.2. The molecule has 0 spiro atoms. The first kappa shape index (κ1) is 30.8. The number of benzene rings is 3. The first-order valence-corrected chi connectivity index (χ1v) is 15.0. The van der Waals surface area contributed by atoms with E-state index in [0.29, 0.717) is 38.1 Å². The number of rotatable bonds is 12. The summed E-state index contributed by atoms with van der Waals surface area (Å²) in [6, 6.07) is 21.3. The van der Waals surface area contributed by atoms with Gasteiger partial charge in [-0.15, -0.1) is 0 Å².